The molecule has 0 spiro atoms. The zero-order valence-corrected chi connectivity index (χ0v) is 16.8. The maximum absolute atomic E-state index is 14.5. The number of aromatic nitrogens is 2. The number of morpholine rings is 1. The average molecular weight is 397 g/mol. The molecule has 0 bridgehead atoms. The van der Waals surface area contributed by atoms with Crippen molar-refractivity contribution in [1.29, 1.82) is 5.41 Å². The van der Waals surface area contributed by atoms with Gasteiger partial charge in [-0.2, -0.15) is 0 Å². The van der Waals surface area contributed by atoms with Gasteiger partial charge in [-0.3, -0.25) is 4.90 Å². The van der Waals surface area contributed by atoms with E-state index >= 15 is 0 Å². The lowest BCUT2D eigenvalue weighted by atomic mass is 9.90. The highest BCUT2D eigenvalue weighted by Gasteiger charge is 2.27. The Morgan fingerprint density at radius 1 is 1.21 bits per heavy atom. The Morgan fingerprint density at radius 2 is 1.97 bits per heavy atom. The van der Waals surface area contributed by atoms with Crippen molar-refractivity contribution < 1.29 is 9.13 Å². The Morgan fingerprint density at radius 3 is 2.66 bits per heavy atom. The summed E-state index contributed by atoms with van der Waals surface area (Å²) >= 11 is 0. The fourth-order valence-electron chi connectivity index (χ4n) is 4.45. The Kier molecular flexibility index (Phi) is 6.16. The summed E-state index contributed by atoms with van der Waals surface area (Å²) in [6.45, 7) is 5.56. The molecule has 0 radical (unpaired) electrons. The predicted octanol–water partition coefficient (Wildman–Crippen LogP) is 3.88. The highest BCUT2D eigenvalue weighted by atomic mass is 19.1. The van der Waals surface area contributed by atoms with Crippen LogP contribution in [0, 0.1) is 11.2 Å². The molecule has 0 unspecified atom stereocenters. The van der Waals surface area contributed by atoms with Gasteiger partial charge in [0, 0.05) is 48.4 Å². The number of halogens is 1. The lowest BCUT2D eigenvalue weighted by Gasteiger charge is -2.39. The molecule has 1 aliphatic carbocycles. The monoisotopic (exact) mass is 397 g/mol. The van der Waals surface area contributed by atoms with Gasteiger partial charge in [0.2, 0.25) is 0 Å². The molecule has 29 heavy (non-hydrogen) atoms. The fraction of sp³-hybridized carbons (Fsp3) is 0.500. The molecule has 2 heterocycles. The fourth-order valence-corrected chi connectivity index (χ4v) is 4.45. The zero-order chi connectivity index (χ0) is 20.2. The maximum atomic E-state index is 14.5. The summed E-state index contributed by atoms with van der Waals surface area (Å²) in [5.41, 5.74) is 1.53. The number of nitrogens with one attached hydrogen (secondary N) is 2. The van der Waals surface area contributed by atoms with Crippen LogP contribution in [-0.4, -0.2) is 59.5 Å². The Labute approximate surface area is 170 Å². The second-order valence-electron chi connectivity index (χ2n) is 7.76. The lowest BCUT2D eigenvalue weighted by Crippen LogP contribution is -2.46. The van der Waals surface area contributed by atoms with Crippen molar-refractivity contribution in [2.24, 2.45) is 0 Å². The summed E-state index contributed by atoms with van der Waals surface area (Å²) in [6, 6.07) is 4.18. The van der Waals surface area contributed by atoms with Crippen LogP contribution in [0.15, 0.2) is 24.5 Å². The first-order chi connectivity index (χ1) is 14.2. The molecule has 2 aromatic rings. The van der Waals surface area contributed by atoms with Gasteiger partial charge in [0.15, 0.2) is 0 Å². The molecule has 2 N–H and O–H groups in total. The van der Waals surface area contributed by atoms with Gasteiger partial charge < -0.3 is 15.5 Å². The Balaban J connectivity index is 1.51. The molecule has 154 valence electrons. The van der Waals surface area contributed by atoms with Crippen LogP contribution < -0.4 is 5.32 Å². The van der Waals surface area contributed by atoms with E-state index < -0.39 is 0 Å². The van der Waals surface area contributed by atoms with E-state index in [1.165, 1.54) is 18.6 Å². The van der Waals surface area contributed by atoms with Crippen LogP contribution in [0.3, 0.4) is 0 Å². The smallest absolute Gasteiger partial charge is 0.137 e. The van der Waals surface area contributed by atoms with Gasteiger partial charge >= 0.3 is 0 Å². The lowest BCUT2D eigenvalue weighted by molar-refractivity contribution is 0.00791. The number of rotatable bonds is 5. The van der Waals surface area contributed by atoms with E-state index in [1.807, 2.05) is 0 Å². The molecule has 1 aromatic carbocycles. The van der Waals surface area contributed by atoms with Gasteiger partial charge in [-0.15, -0.1) is 0 Å². The molecular weight excluding hydrogens is 369 g/mol. The van der Waals surface area contributed by atoms with E-state index in [0.717, 1.165) is 63.2 Å². The number of hydrogen-bond donors (Lipinski definition) is 2. The number of hydrogen-bond acceptors (Lipinski definition) is 6. The number of allylic oxidation sites excluding steroid dienone is 2. The van der Waals surface area contributed by atoms with E-state index in [4.69, 9.17) is 10.1 Å². The van der Waals surface area contributed by atoms with Crippen molar-refractivity contribution in [1.82, 2.24) is 14.9 Å². The Hall–Kier alpha value is -2.38. The van der Waals surface area contributed by atoms with Crippen LogP contribution in [0.25, 0.3) is 16.5 Å². The molecule has 1 saturated carbocycles. The molecule has 4 rings (SSSR count). The first-order valence-corrected chi connectivity index (χ1v) is 10.4. The molecule has 2 fully saturated rings. The second kappa shape index (κ2) is 8.97. The third kappa shape index (κ3) is 4.31. The van der Waals surface area contributed by atoms with Crippen LogP contribution in [-0.2, 0) is 4.74 Å². The van der Waals surface area contributed by atoms with Gasteiger partial charge in [0.1, 0.15) is 18.0 Å². The zero-order valence-electron chi connectivity index (χ0n) is 16.8. The minimum absolute atomic E-state index is 0.350. The summed E-state index contributed by atoms with van der Waals surface area (Å²) in [7, 11) is 0. The normalized spacial score (nSPS) is 23.9. The summed E-state index contributed by atoms with van der Waals surface area (Å²) in [5.74, 6) is 0.372. The van der Waals surface area contributed by atoms with Crippen LogP contribution in [0.4, 0.5) is 10.2 Å². The number of benzene rings is 1. The van der Waals surface area contributed by atoms with Gasteiger partial charge in [-0.1, -0.05) is 6.08 Å². The van der Waals surface area contributed by atoms with E-state index in [0.29, 0.717) is 28.7 Å². The van der Waals surface area contributed by atoms with Crippen molar-refractivity contribution in [3.05, 3.63) is 35.9 Å². The highest BCUT2D eigenvalue weighted by molar-refractivity contribution is 6.09. The molecule has 6 nitrogen and oxygen atoms in total. The van der Waals surface area contributed by atoms with Crippen LogP contribution >= 0.6 is 0 Å². The molecule has 1 aliphatic heterocycles. The SMILES string of the molecule is C/C=C(\C=N)c1cc2c(NC3CCC(N4CCOCC4)CC3)ncnc2cc1F. The van der Waals surface area contributed by atoms with Crippen molar-refractivity contribution >= 4 is 28.5 Å². The average Bonchev–Trinajstić information content (AvgIpc) is 2.76. The summed E-state index contributed by atoms with van der Waals surface area (Å²) in [5, 5.41) is 11.9. The first kappa shape index (κ1) is 19.9. The van der Waals surface area contributed by atoms with Crippen LogP contribution in [0.5, 0.6) is 0 Å². The predicted molar refractivity (Wildman–Crippen MR) is 114 cm³/mol. The summed E-state index contributed by atoms with van der Waals surface area (Å²) < 4.78 is 20.0. The Bertz CT molecular complexity index is 901. The minimum Gasteiger partial charge on any atom is -0.379 e. The van der Waals surface area contributed by atoms with Crippen LogP contribution in [0.1, 0.15) is 38.2 Å². The largest absolute Gasteiger partial charge is 0.379 e. The van der Waals surface area contributed by atoms with Gasteiger partial charge in [-0.05, 0) is 44.2 Å². The third-order valence-corrected chi connectivity index (χ3v) is 6.10. The number of anilines is 1. The van der Waals surface area contributed by atoms with Crippen molar-refractivity contribution in [3.63, 3.8) is 0 Å². The molecule has 1 saturated heterocycles. The molecule has 0 amide bonds. The molecule has 7 heteroatoms. The van der Waals surface area contributed by atoms with E-state index in [2.05, 4.69) is 20.2 Å². The maximum Gasteiger partial charge on any atom is 0.137 e. The number of nitrogens with zero attached hydrogens (tertiary/aromatic N) is 3. The van der Waals surface area contributed by atoms with Gasteiger partial charge in [-0.25, -0.2) is 14.4 Å². The topological polar surface area (TPSA) is 74.1 Å². The molecule has 2 aliphatic rings. The summed E-state index contributed by atoms with van der Waals surface area (Å²) in [4.78, 5) is 11.2. The van der Waals surface area contributed by atoms with Crippen molar-refractivity contribution in [3.8, 4) is 0 Å². The number of fused-ring (bicyclic) bond motifs is 1. The van der Waals surface area contributed by atoms with E-state index in [1.54, 1.807) is 19.1 Å². The molecular formula is C22H28FN5O. The van der Waals surface area contributed by atoms with E-state index in [-0.39, 0.29) is 5.82 Å². The van der Waals surface area contributed by atoms with E-state index in [9.17, 15) is 4.39 Å². The van der Waals surface area contributed by atoms with Gasteiger partial charge in [0.05, 0.1) is 18.7 Å². The highest BCUT2D eigenvalue weighted by Crippen LogP contribution is 2.30. The summed E-state index contributed by atoms with van der Waals surface area (Å²) in [6.07, 6.45) is 8.89. The minimum atomic E-state index is -0.371. The van der Waals surface area contributed by atoms with Crippen LogP contribution in [0.2, 0.25) is 0 Å². The standard InChI is InChI=1S/C22H28FN5O/c1-2-15(13-24)18-11-19-21(12-20(18)23)25-14-26-22(19)27-16-3-5-17(6-4-16)28-7-9-29-10-8-28/h2,11-14,16-17,24H,3-10H2,1H3,(H,25,26,27)/b15-2+,24-13?. The molecule has 0 atom stereocenters. The van der Waals surface area contributed by atoms with Gasteiger partial charge in [0.25, 0.3) is 0 Å². The molecule has 1 aromatic heterocycles. The number of ether oxygens (including phenoxy) is 1. The second-order valence-corrected chi connectivity index (χ2v) is 7.76. The third-order valence-electron chi connectivity index (χ3n) is 6.10. The first-order valence-electron chi connectivity index (χ1n) is 10.4. The quantitative estimate of drug-likeness (QED) is 0.749. The van der Waals surface area contributed by atoms with Crippen molar-refractivity contribution in [2.75, 3.05) is 31.6 Å². The van der Waals surface area contributed by atoms with Crippen molar-refractivity contribution in [2.45, 2.75) is 44.7 Å².